The van der Waals surface area contributed by atoms with Crippen molar-refractivity contribution in [3.05, 3.63) is 59.9 Å². The van der Waals surface area contributed by atoms with Gasteiger partial charge in [0.2, 0.25) is 5.91 Å². The van der Waals surface area contributed by atoms with Crippen LogP contribution in [-0.2, 0) is 4.79 Å². The molecular formula is C22H17ClF2N4O2. The molecule has 2 atom stereocenters. The van der Waals surface area contributed by atoms with Crippen LogP contribution >= 0.6 is 11.6 Å². The van der Waals surface area contributed by atoms with Crippen LogP contribution in [0.3, 0.4) is 0 Å². The first-order valence-corrected chi connectivity index (χ1v) is 10.1. The molecule has 1 saturated carbocycles. The van der Waals surface area contributed by atoms with Crippen LogP contribution < -0.4 is 4.90 Å². The van der Waals surface area contributed by atoms with Crippen molar-refractivity contribution in [1.82, 2.24) is 14.9 Å². The minimum absolute atomic E-state index is 0.0196. The summed E-state index contributed by atoms with van der Waals surface area (Å²) in [5.74, 6) is -1.65. The molecule has 1 aromatic heterocycles. The Morgan fingerprint density at radius 2 is 2.03 bits per heavy atom. The number of benzene rings is 2. The van der Waals surface area contributed by atoms with Gasteiger partial charge in [0.1, 0.15) is 29.2 Å². The van der Waals surface area contributed by atoms with E-state index in [1.165, 1.54) is 30.6 Å². The molecule has 1 aliphatic heterocycles. The van der Waals surface area contributed by atoms with Gasteiger partial charge < -0.3 is 14.9 Å². The summed E-state index contributed by atoms with van der Waals surface area (Å²) in [7, 11) is 0. The lowest BCUT2D eigenvalue weighted by Crippen LogP contribution is -2.48. The van der Waals surface area contributed by atoms with E-state index in [1.807, 2.05) is 4.90 Å². The number of amides is 1. The van der Waals surface area contributed by atoms with Crippen LogP contribution in [0.2, 0.25) is 5.02 Å². The number of carbonyl (C=O) groups excluding carboxylic acids is 1. The van der Waals surface area contributed by atoms with E-state index in [0.29, 0.717) is 24.3 Å². The van der Waals surface area contributed by atoms with Gasteiger partial charge in [-0.15, -0.1) is 0 Å². The van der Waals surface area contributed by atoms with Crippen molar-refractivity contribution in [1.29, 1.82) is 0 Å². The quantitative estimate of drug-likeness (QED) is 0.623. The van der Waals surface area contributed by atoms with E-state index in [9.17, 15) is 14.3 Å². The van der Waals surface area contributed by atoms with E-state index in [4.69, 9.17) is 11.6 Å². The van der Waals surface area contributed by atoms with E-state index in [1.54, 1.807) is 4.90 Å². The van der Waals surface area contributed by atoms with E-state index in [0.717, 1.165) is 12.5 Å². The Hall–Kier alpha value is -3.26. The van der Waals surface area contributed by atoms with E-state index in [-0.39, 0.29) is 39.7 Å². The minimum atomic E-state index is -0.834. The first-order chi connectivity index (χ1) is 14.9. The fourth-order valence-electron chi connectivity index (χ4n) is 4.37. The topological polar surface area (TPSA) is 69.6 Å². The zero-order valence-corrected chi connectivity index (χ0v) is 17.0. The van der Waals surface area contributed by atoms with Crippen LogP contribution in [0.25, 0.3) is 22.0 Å². The summed E-state index contributed by atoms with van der Waals surface area (Å²) in [5.41, 5.74) is -0.583. The van der Waals surface area contributed by atoms with E-state index < -0.39 is 17.4 Å². The van der Waals surface area contributed by atoms with Gasteiger partial charge >= 0.3 is 0 Å². The van der Waals surface area contributed by atoms with Gasteiger partial charge in [0.05, 0.1) is 22.7 Å². The molecule has 2 heterocycles. The summed E-state index contributed by atoms with van der Waals surface area (Å²) in [6.07, 6.45) is 3.33. The molecular weight excluding hydrogens is 426 g/mol. The molecule has 31 heavy (non-hydrogen) atoms. The Morgan fingerprint density at radius 3 is 2.77 bits per heavy atom. The fraction of sp³-hybridized carbons (Fsp3) is 0.227. The molecule has 1 amide bonds. The highest BCUT2D eigenvalue weighted by molar-refractivity contribution is 6.34. The minimum Gasteiger partial charge on any atom is -0.507 e. The highest BCUT2D eigenvalue weighted by Crippen LogP contribution is 2.44. The predicted molar refractivity (Wildman–Crippen MR) is 113 cm³/mol. The molecule has 2 fully saturated rings. The van der Waals surface area contributed by atoms with Crippen molar-refractivity contribution in [3.63, 3.8) is 0 Å². The Bertz CT molecular complexity index is 1230. The Kier molecular flexibility index (Phi) is 4.55. The standard InChI is InChI=1S/C22H17ClF2N4O2/c1-2-17(31)28-6-7-29(15-9-14(15)28)22-11-8-12(23)18(20(25)21(11)26-10-27-22)19-13(24)4-3-5-16(19)30/h2-5,8,10,14-15,30H,1,6-7,9H2. The summed E-state index contributed by atoms with van der Waals surface area (Å²) in [4.78, 5) is 24.3. The highest BCUT2D eigenvalue weighted by atomic mass is 35.5. The fourth-order valence-corrected chi connectivity index (χ4v) is 4.66. The second-order valence-corrected chi connectivity index (χ2v) is 7.98. The van der Waals surface area contributed by atoms with Gasteiger partial charge in [0.25, 0.3) is 0 Å². The number of aromatic nitrogens is 2. The maximum atomic E-state index is 15.5. The number of carbonyl (C=O) groups is 1. The number of phenols is 1. The average Bonchev–Trinajstić information content (AvgIpc) is 3.55. The van der Waals surface area contributed by atoms with Crippen molar-refractivity contribution in [2.24, 2.45) is 0 Å². The zero-order valence-electron chi connectivity index (χ0n) is 16.2. The highest BCUT2D eigenvalue weighted by Gasteiger charge is 2.51. The Balaban J connectivity index is 1.61. The molecule has 0 bridgehead atoms. The second-order valence-electron chi connectivity index (χ2n) is 7.57. The molecule has 9 heteroatoms. The zero-order chi connectivity index (χ0) is 21.9. The third-order valence-electron chi connectivity index (χ3n) is 5.88. The number of hydrogen-bond acceptors (Lipinski definition) is 5. The van der Waals surface area contributed by atoms with Crippen LogP contribution in [-0.4, -0.2) is 51.1 Å². The summed E-state index contributed by atoms with van der Waals surface area (Å²) in [6.45, 7) is 4.56. The molecule has 5 rings (SSSR count). The average molecular weight is 443 g/mol. The van der Waals surface area contributed by atoms with E-state index in [2.05, 4.69) is 16.5 Å². The first-order valence-electron chi connectivity index (χ1n) is 9.72. The van der Waals surface area contributed by atoms with Gasteiger partial charge in [-0.2, -0.15) is 0 Å². The second kappa shape index (κ2) is 7.16. The summed E-state index contributed by atoms with van der Waals surface area (Å²) in [6, 6.07) is 5.32. The van der Waals surface area contributed by atoms with Crippen LogP contribution in [0, 0.1) is 11.6 Å². The molecule has 2 unspecified atom stereocenters. The largest absolute Gasteiger partial charge is 0.507 e. The maximum Gasteiger partial charge on any atom is 0.246 e. The number of anilines is 1. The molecule has 3 aromatic rings. The van der Waals surface area contributed by atoms with Gasteiger partial charge in [-0.3, -0.25) is 4.79 Å². The van der Waals surface area contributed by atoms with Crippen LogP contribution in [0.15, 0.2) is 43.2 Å². The number of hydrogen-bond donors (Lipinski definition) is 1. The van der Waals surface area contributed by atoms with Crippen molar-refractivity contribution in [2.75, 3.05) is 18.0 Å². The SMILES string of the molecule is C=CC(=O)N1CCN(c2ncnc3c(F)c(-c4c(O)cccc4F)c(Cl)cc23)C2CC21. The van der Waals surface area contributed by atoms with Crippen molar-refractivity contribution in [2.45, 2.75) is 18.5 Å². The Labute approximate surface area is 181 Å². The molecule has 2 aliphatic rings. The van der Waals surface area contributed by atoms with Crippen molar-refractivity contribution >= 4 is 34.2 Å². The molecule has 0 spiro atoms. The molecule has 158 valence electrons. The van der Waals surface area contributed by atoms with E-state index >= 15 is 4.39 Å². The molecule has 1 saturated heterocycles. The van der Waals surface area contributed by atoms with Crippen molar-refractivity contribution < 1.29 is 18.7 Å². The van der Waals surface area contributed by atoms with Gasteiger partial charge in [-0.05, 0) is 30.7 Å². The van der Waals surface area contributed by atoms with Crippen LogP contribution in [0.5, 0.6) is 5.75 Å². The number of aromatic hydroxyl groups is 1. The lowest BCUT2D eigenvalue weighted by Gasteiger charge is -2.34. The maximum absolute atomic E-state index is 15.5. The smallest absolute Gasteiger partial charge is 0.246 e. The normalized spacial score (nSPS) is 20.0. The molecule has 1 N–H and O–H groups in total. The summed E-state index contributed by atoms with van der Waals surface area (Å²) in [5, 5.41) is 10.4. The first kappa shape index (κ1) is 19.7. The summed E-state index contributed by atoms with van der Waals surface area (Å²) >= 11 is 6.37. The number of piperazine rings is 1. The molecule has 2 aromatic carbocycles. The van der Waals surface area contributed by atoms with Gasteiger partial charge in [0, 0.05) is 24.0 Å². The van der Waals surface area contributed by atoms with Gasteiger partial charge in [-0.25, -0.2) is 18.7 Å². The lowest BCUT2D eigenvalue weighted by atomic mass is 10.0. The Morgan fingerprint density at radius 1 is 1.23 bits per heavy atom. The van der Waals surface area contributed by atoms with Crippen molar-refractivity contribution in [3.8, 4) is 16.9 Å². The van der Waals surface area contributed by atoms with Gasteiger partial charge in [-0.1, -0.05) is 24.2 Å². The van der Waals surface area contributed by atoms with Crippen LogP contribution in [0.4, 0.5) is 14.6 Å². The van der Waals surface area contributed by atoms with Gasteiger partial charge in [0.15, 0.2) is 5.82 Å². The van der Waals surface area contributed by atoms with Crippen LogP contribution in [0.1, 0.15) is 6.42 Å². The lowest BCUT2D eigenvalue weighted by molar-refractivity contribution is -0.126. The number of halogens is 3. The third-order valence-corrected chi connectivity index (χ3v) is 6.18. The molecule has 1 aliphatic carbocycles. The molecule has 0 radical (unpaired) electrons. The summed E-state index contributed by atoms with van der Waals surface area (Å²) < 4.78 is 29.9. The number of phenolic OH excluding ortho intramolecular Hbond substituents is 1. The predicted octanol–water partition coefficient (Wildman–Crippen LogP) is 3.91. The monoisotopic (exact) mass is 442 g/mol. The molecule has 6 nitrogen and oxygen atoms in total. The number of fused-ring (bicyclic) bond motifs is 2. The number of rotatable bonds is 3. The third kappa shape index (κ3) is 3.01. The number of nitrogens with zero attached hydrogens (tertiary/aromatic N) is 4.